The van der Waals surface area contributed by atoms with Crippen LogP contribution in [0.5, 0.6) is 5.75 Å². The molecule has 0 saturated carbocycles. The highest BCUT2D eigenvalue weighted by atomic mass is 32.1. The molecular weight excluding hydrogens is 390 g/mol. The predicted molar refractivity (Wildman–Crippen MR) is 111 cm³/mol. The van der Waals surface area contributed by atoms with E-state index in [1.165, 1.54) is 11.3 Å². The standard InChI is InChI=1S/C21H21N3O4S/c1-27-17-9-7-16(8-10-17)11-22-19(25)13-28-20(26)18-14-29-21(24-18)23-12-15-5-3-2-4-6-15/h2-10,14H,11-13H2,1H3,(H,22,25)(H,23,24). The van der Waals surface area contributed by atoms with Crippen LogP contribution in [0.3, 0.4) is 0 Å². The van der Waals surface area contributed by atoms with Crippen molar-refractivity contribution in [3.63, 3.8) is 0 Å². The summed E-state index contributed by atoms with van der Waals surface area (Å²) in [6.45, 7) is 0.584. The Kier molecular flexibility index (Phi) is 7.18. The zero-order chi connectivity index (χ0) is 20.5. The van der Waals surface area contributed by atoms with E-state index in [2.05, 4.69) is 15.6 Å². The number of hydrogen-bond donors (Lipinski definition) is 2. The molecule has 0 aliphatic rings. The second-order valence-electron chi connectivity index (χ2n) is 6.08. The molecule has 3 rings (SSSR count). The molecule has 8 heteroatoms. The van der Waals surface area contributed by atoms with E-state index in [1.807, 2.05) is 54.6 Å². The molecule has 0 unspecified atom stereocenters. The maximum Gasteiger partial charge on any atom is 0.358 e. The summed E-state index contributed by atoms with van der Waals surface area (Å²) < 4.78 is 10.1. The molecule has 0 aliphatic carbocycles. The zero-order valence-electron chi connectivity index (χ0n) is 15.9. The van der Waals surface area contributed by atoms with E-state index in [9.17, 15) is 9.59 Å². The normalized spacial score (nSPS) is 10.2. The third-order valence-corrected chi connectivity index (χ3v) is 4.78. The zero-order valence-corrected chi connectivity index (χ0v) is 16.7. The van der Waals surface area contributed by atoms with Gasteiger partial charge in [0.1, 0.15) is 5.75 Å². The van der Waals surface area contributed by atoms with E-state index < -0.39 is 5.97 Å². The number of aromatic nitrogens is 1. The van der Waals surface area contributed by atoms with Gasteiger partial charge in [-0.15, -0.1) is 11.3 Å². The summed E-state index contributed by atoms with van der Waals surface area (Å²) in [6, 6.07) is 17.2. The fraction of sp³-hybridized carbons (Fsp3) is 0.190. The Morgan fingerprint density at radius 1 is 1.00 bits per heavy atom. The van der Waals surface area contributed by atoms with Gasteiger partial charge < -0.3 is 20.1 Å². The van der Waals surface area contributed by atoms with Crippen molar-refractivity contribution in [3.05, 3.63) is 76.8 Å². The molecule has 0 spiro atoms. The lowest BCUT2D eigenvalue weighted by atomic mass is 10.2. The lowest BCUT2D eigenvalue weighted by molar-refractivity contribution is -0.124. The van der Waals surface area contributed by atoms with E-state index in [0.717, 1.165) is 16.9 Å². The topological polar surface area (TPSA) is 89.5 Å². The van der Waals surface area contributed by atoms with Crippen LogP contribution in [0.25, 0.3) is 0 Å². The van der Waals surface area contributed by atoms with Gasteiger partial charge >= 0.3 is 5.97 Å². The molecule has 0 atom stereocenters. The quantitative estimate of drug-likeness (QED) is 0.526. The fourth-order valence-electron chi connectivity index (χ4n) is 2.42. The van der Waals surface area contributed by atoms with Crippen LogP contribution in [0.4, 0.5) is 5.13 Å². The fourth-order valence-corrected chi connectivity index (χ4v) is 3.10. The molecule has 0 saturated heterocycles. The minimum atomic E-state index is -0.631. The molecule has 0 aliphatic heterocycles. The molecule has 2 aromatic carbocycles. The van der Waals surface area contributed by atoms with E-state index in [4.69, 9.17) is 9.47 Å². The van der Waals surface area contributed by atoms with Gasteiger partial charge in [0, 0.05) is 18.5 Å². The summed E-state index contributed by atoms with van der Waals surface area (Å²) >= 11 is 1.31. The number of nitrogens with zero attached hydrogens (tertiary/aromatic N) is 1. The number of hydrogen-bond acceptors (Lipinski definition) is 7. The van der Waals surface area contributed by atoms with Gasteiger partial charge in [0.2, 0.25) is 0 Å². The van der Waals surface area contributed by atoms with Gasteiger partial charge in [-0.2, -0.15) is 0 Å². The molecule has 2 N–H and O–H groups in total. The van der Waals surface area contributed by atoms with Crippen molar-refractivity contribution in [2.75, 3.05) is 19.0 Å². The summed E-state index contributed by atoms with van der Waals surface area (Å²) in [5.74, 6) is -0.268. The Balaban J connectivity index is 1.40. The smallest absolute Gasteiger partial charge is 0.358 e. The summed E-state index contributed by atoms with van der Waals surface area (Å²) in [7, 11) is 1.59. The molecule has 1 heterocycles. The first-order chi connectivity index (χ1) is 14.1. The van der Waals surface area contributed by atoms with E-state index in [0.29, 0.717) is 18.2 Å². The number of carbonyl (C=O) groups excluding carboxylic acids is 2. The van der Waals surface area contributed by atoms with Crippen molar-refractivity contribution in [1.29, 1.82) is 0 Å². The van der Waals surface area contributed by atoms with Gasteiger partial charge in [0.25, 0.3) is 5.91 Å². The van der Waals surface area contributed by atoms with Gasteiger partial charge in [-0.3, -0.25) is 4.79 Å². The number of methoxy groups -OCH3 is 1. The molecule has 1 amide bonds. The molecule has 0 bridgehead atoms. The highest BCUT2D eigenvalue weighted by molar-refractivity contribution is 7.13. The number of anilines is 1. The Morgan fingerprint density at radius 2 is 1.72 bits per heavy atom. The van der Waals surface area contributed by atoms with Crippen molar-refractivity contribution in [2.45, 2.75) is 13.1 Å². The van der Waals surface area contributed by atoms with Gasteiger partial charge in [-0.25, -0.2) is 9.78 Å². The third-order valence-electron chi connectivity index (χ3n) is 3.98. The molecule has 7 nitrogen and oxygen atoms in total. The first-order valence-corrected chi connectivity index (χ1v) is 9.82. The average molecular weight is 411 g/mol. The van der Waals surface area contributed by atoms with Crippen LogP contribution in [0.1, 0.15) is 21.6 Å². The molecule has 3 aromatic rings. The maximum absolute atomic E-state index is 12.1. The number of esters is 1. The number of benzene rings is 2. The average Bonchev–Trinajstić information content (AvgIpc) is 3.25. The van der Waals surface area contributed by atoms with Crippen molar-refractivity contribution >= 4 is 28.3 Å². The van der Waals surface area contributed by atoms with Crippen molar-refractivity contribution < 1.29 is 19.1 Å². The minimum Gasteiger partial charge on any atom is -0.497 e. The van der Waals surface area contributed by atoms with Crippen molar-refractivity contribution in [2.24, 2.45) is 0 Å². The lowest BCUT2D eigenvalue weighted by Crippen LogP contribution is -2.28. The lowest BCUT2D eigenvalue weighted by Gasteiger charge is -2.07. The van der Waals surface area contributed by atoms with E-state index in [1.54, 1.807) is 12.5 Å². The molecule has 150 valence electrons. The van der Waals surface area contributed by atoms with Crippen LogP contribution in [0.15, 0.2) is 60.0 Å². The van der Waals surface area contributed by atoms with Gasteiger partial charge in [0.05, 0.1) is 7.11 Å². The summed E-state index contributed by atoms with van der Waals surface area (Å²) in [4.78, 5) is 28.2. The number of ether oxygens (including phenoxy) is 2. The Labute approximate surface area is 172 Å². The second kappa shape index (κ2) is 10.2. The van der Waals surface area contributed by atoms with Crippen LogP contribution < -0.4 is 15.4 Å². The largest absolute Gasteiger partial charge is 0.497 e. The molecule has 1 aromatic heterocycles. The minimum absolute atomic E-state index is 0.175. The Hall–Kier alpha value is -3.39. The summed E-state index contributed by atoms with van der Waals surface area (Å²) in [5.41, 5.74) is 2.20. The highest BCUT2D eigenvalue weighted by Gasteiger charge is 2.14. The maximum atomic E-state index is 12.1. The number of amides is 1. The van der Waals surface area contributed by atoms with E-state index >= 15 is 0 Å². The van der Waals surface area contributed by atoms with Crippen molar-refractivity contribution in [3.8, 4) is 5.75 Å². The highest BCUT2D eigenvalue weighted by Crippen LogP contribution is 2.17. The molecule has 29 heavy (non-hydrogen) atoms. The third kappa shape index (κ3) is 6.32. The van der Waals surface area contributed by atoms with Crippen LogP contribution in [-0.4, -0.2) is 30.6 Å². The first kappa shape index (κ1) is 20.3. The second-order valence-corrected chi connectivity index (χ2v) is 6.94. The monoisotopic (exact) mass is 411 g/mol. The number of thiazole rings is 1. The van der Waals surface area contributed by atoms with Gasteiger partial charge in [-0.1, -0.05) is 42.5 Å². The molecule has 0 radical (unpaired) electrons. The Bertz CT molecular complexity index is 942. The van der Waals surface area contributed by atoms with E-state index in [-0.39, 0.29) is 18.2 Å². The first-order valence-electron chi connectivity index (χ1n) is 8.94. The Morgan fingerprint density at radius 3 is 2.45 bits per heavy atom. The summed E-state index contributed by atoms with van der Waals surface area (Å²) in [6.07, 6.45) is 0. The number of nitrogens with one attached hydrogen (secondary N) is 2. The molecule has 0 fully saturated rings. The number of rotatable bonds is 9. The van der Waals surface area contributed by atoms with Crippen LogP contribution >= 0.6 is 11.3 Å². The van der Waals surface area contributed by atoms with Gasteiger partial charge in [-0.05, 0) is 23.3 Å². The summed E-state index contributed by atoms with van der Waals surface area (Å²) in [5, 5.41) is 8.08. The van der Waals surface area contributed by atoms with Gasteiger partial charge in [0.15, 0.2) is 17.4 Å². The van der Waals surface area contributed by atoms with Crippen molar-refractivity contribution in [1.82, 2.24) is 10.3 Å². The number of carbonyl (C=O) groups is 2. The van der Waals surface area contributed by atoms with Crippen LogP contribution in [0.2, 0.25) is 0 Å². The van der Waals surface area contributed by atoms with Crippen LogP contribution in [0, 0.1) is 0 Å². The predicted octanol–water partition coefficient (Wildman–Crippen LogP) is 3.24. The SMILES string of the molecule is COc1ccc(CNC(=O)COC(=O)c2csc(NCc3ccccc3)n2)cc1. The van der Waals surface area contributed by atoms with Crippen LogP contribution in [-0.2, 0) is 22.6 Å². The molecular formula is C21H21N3O4S.